The molecule has 0 aliphatic rings. The van der Waals surface area contributed by atoms with Gasteiger partial charge in [-0.2, -0.15) is 4.99 Å². The van der Waals surface area contributed by atoms with Gasteiger partial charge in [0.25, 0.3) is 5.91 Å². The lowest BCUT2D eigenvalue weighted by molar-refractivity contribution is -0.117. The number of hydrogen-bond donors (Lipinski definition) is 0. The van der Waals surface area contributed by atoms with E-state index in [2.05, 4.69) is 49.7 Å². The van der Waals surface area contributed by atoms with Crippen LogP contribution in [0.5, 0.6) is 0 Å². The molecular weight excluding hydrogens is 328 g/mol. The van der Waals surface area contributed by atoms with E-state index in [1.54, 1.807) is 11.3 Å². The predicted molar refractivity (Wildman–Crippen MR) is 105 cm³/mol. The largest absolute Gasteiger partial charge is 0.313 e. The van der Waals surface area contributed by atoms with Crippen molar-refractivity contribution in [3.05, 3.63) is 76.1 Å². The van der Waals surface area contributed by atoms with Crippen LogP contribution in [0.25, 0.3) is 10.2 Å². The van der Waals surface area contributed by atoms with Gasteiger partial charge in [0.05, 0.1) is 16.6 Å². The Labute approximate surface area is 152 Å². The van der Waals surface area contributed by atoms with Gasteiger partial charge in [0.15, 0.2) is 4.80 Å². The molecule has 0 N–H and O–H groups in total. The number of amides is 1. The summed E-state index contributed by atoms with van der Waals surface area (Å²) in [6.45, 7) is 10.6. The molecule has 4 heteroatoms. The molecule has 3 aromatic rings. The number of nitrogens with zero attached hydrogens (tertiary/aromatic N) is 2. The first-order chi connectivity index (χ1) is 12.0. The molecule has 0 aliphatic carbocycles. The molecule has 0 fully saturated rings. The Morgan fingerprint density at radius 1 is 1.16 bits per heavy atom. The maximum absolute atomic E-state index is 12.5. The fraction of sp³-hybridized carbons (Fsp3) is 0.238. The number of fused-ring (bicyclic) bond motifs is 1. The van der Waals surface area contributed by atoms with E-state index in [0.29, 0.717) is 13.0 Å². The van der Waals surface area contributed by atoms with Gasteiger partial charge in [0.2, 0.25) is 0 Å². The predicted octanol–water partition coefficient (Wildman–Crippen LogP) is 4.48. The Hall–Kier alpha value is -2.46. The van der Waals surface area contributed by atoms with Crippen molar-refractivity contribution in [3.63, 3.8) is 0 Å². The summed E-state index contributed by atoms with van der Waals surface area (Å²) < 4.78 is 3.19. The van der Waals surface area contributed by atoms with Gasteiger partial charge in [0.1, 0.15) is 0 Å². The molecule has 0 atom stereocenters. The third kappa shape index (κ3) is 3.80. The Bertz CT molecular complexity index is 1020. The van der Waals surface area contributed by atoms with Crippen molar-refractivity contribution in [1.82, 2.24) is 4.57 Å². The lowest BCUT2D eigenvalue weighted by Crippen LogP contribution is -2.17. The molecule has 25 heavy (non-hydrogen) atoms. The van der Waals surface area contributed by atoms with Crippen molar-refractivity contribution >= 4 is 27.5 Å². The van der Waals surface area contributed by atoms with E-state index in [0.717, 1.165) is 26.1 Å². The first kappa shape index (κ1) is 17.4. The highest BCUT2D eigenvalue weighted by molar-refractivity contribution is 7.16. The molecule has 2 aromatic carbocycles. The van der Waals surface area contributed by atoms with Crippen LogP contribution in [0.1, 0.15) is 22.3 Å². The molecule has 0 bridgehead atoms. The Morgan fingerprint density at radius 2 is 1.88 bits per heavy atom. The van der Waals surface area contributed by atoms with Crippen LogP contribution >= 0.6 is 11.3 Å². The van der Waals surface area contributed by atoms with E-state index >= 15 is 0 Å². The van der Waals surface area contributed by atoms with Crippen LogP contribution in [0.2, 0.25) is 0 Å². The number of thiazole rings is 1. The minimum Gasteiger partial charge on any atom is -0.313 e. The molecule has 128 valence electrons. The monoisotopic (exact) mass is 350 g/mol. The number of aryl methyl sites for hydroxylation is 3. The molecule has 0 aliphatic heterocycles. The molecule has 0 radical (unpaired) electrons. The van der Waals surface area contributed by atoms with Crippen molar-refractivity contribution in [2.45, 2.75) is 33.7 Å². The van der Waals surface area contributed by atoms with E-state index in [1.807, 2.05) is 29.7 Å². The lowest BCUT2D eigenvalue weighted by atomic mass is 10.0. The van der Waals surface area contributed by atoms with E-state index in [1.165, 1.54) is 11.1 Å². The van der Waals surface area contributed by atoms with Crippen molar-refractivity contribution in [1.29, 1.82) is 0 Å². The fourth-order valence-electron chi connectivity index (χ4n) is 2.92. The summed E-state index contributed by atoms with van der Waals surface area (Å²) in [6.07, 6.45) is 2.16. The number of benzene rings is 2. The number of rotatable bonds is 4. The van der Waals surface area contributed by atoms with Gasteiger partial charge < -0.3 is 4.57 Å². The average molecular weight is 350 g/mol. The van der Waals surface area contributed by atoms with Crippen LogP contribution in [0.3, 0.4) is 0 Å². The zero-order valence-electron chi connectivity index (χ0n) is 14.9. The second-order valence-electron chi connectivity index (χ2n) is 6.37. The Morgan fingerprint density at radius 3 is 2.60 bits per heavy atom. The summed E-state index contributed by atoms with van der Waals surface area (Å²) >= 11 is 1.55. The summed E-state index contributed by atoms with van der Waals surface area (Å²) in [4.78, 5) is 17.6. The van der Waals surface area contributed by atoms with Crippen molar-refractivity contribution in [2.24, 2.45) is 4.99 Å². The fourth-order valence-corrected chi connectivity index (χ4v) is 4.08. The summed E-state index contributed by atoms with van der Waals surface area (Å²) in [7, 11) is 0. The molecule has 0 spiro atoms. The topological polar surface area (TPSA) is 34.4 Å². The van der Waals surface area contributed by atoms with E-state index in [4.69, 9.17) is 0 Å². The minimum absolute atomic E-state index is 0.118. The molecule has 1 heterocycles. The molecule has 3 rings (SSSR count). The second kappa shape index (κ2) is 7.19. The van der Waals surface area contributed by atoms with Gasteiger partial charge >= 0.3 is 0 Å². The van der Waals surface area contributed by atoms with Gasteiger partial charge in [-0.15, -0.1) is 6.58 Å². The maximum Gasteiger partial charge on any atom is 0.252 e. The second-order valence-corrected chi connectivity index (χ2v) is 7.38. The zero-order valence-corrected chi connectivity index (χ0v) is 15.7. The highest BCUT2D eigenvalue weighted by Crippen LogP contribution is 2.19. The summed E-state index contributed by atoms with van der Waals surface area (Å²) in [6, 6.07) is 12.4. The van der Waals surface area contributed by atoms with Gasteiger partial charge in [-0.3, -0.25) is 4.79 Å². The van der Waals surface area contributed by atoms with Gasteiger partial charge in [-0.25, -0.2) is 0 Å². The van der Waals surface area contributed by atoms with Crippen LogP contribution in [0.4, 0.5) is 0 Å². The van der Waals surface area contributed by atoms with Crippen LogP contribution in [0, 0.1) is 20.8 Å². The molecule has 0 saturated carbocycles. The lowest BCUT2D eigenvalue weighted by Gasteiger charge is -2.04. The normalized spacial score (nSPS) is 11.9. The summed E-state index contributed by atoms with van der Waals surface area (Å²) in [5, 5.41) is 0. The van der Waals surface area contributed by atoms with Crippen molar-refractivity contribution < 1.29 is 4.79 Å². The third-order valence-electron chi connectivity index (χ3n) is 4.21. The van der Waals surface area contributed by atoms with Crippen molar-refractivity contribution in [2.75, 3.05) is 0 Å². The molecular formula is C21H22N2OS. The van der Waals surface area contributed by atoms with Crippen LogP contribution in [0.15, 0.2) is 54.0 Å². The SMILES string of the molecule is C=CCn1c(=NC(=O)Cc2ccc(C)cc2C)sc2cc(C)ccc21. The van der Waals surface area contributed by atoms with E-state index in [-0.39, 0.29) is 5.91 Å². The molecule has 0 saturated heterocycles. The number of allylic oxidation sites excluding steroid dienone is 1. The standard InChI is InChI=1S/C21H22N2OS/c1-5-10-23-18-9-7-15(3)12-19(18)25-21(23)22-20(24)13-17-8-6-14(2)11-16(17)4/h5-9,11-12H,1,10,13H2,2-4H3. The van der Waals surface area contributed by atoms with E-state index < -0.39 is 0 Å². The summed E-state index contributed by atoms with van der Waals surface area (Å²) in [5.41, 5.74) is 5.66. The average Bonchev–Trinajstić information content (AvgIpc) is 2.87. The van der Waals surface area contributed by atoms with Gasteiger partial charge in [0, 0.05) is 6.54 Å². The first-order valence-electron chi connectivity index (χ1n) is 8.32. The number of carbonyl (C=O) groups excluding carboxylic acids is 1. The summed E-state index contributed by atoms with van der Waals surface area (Å²) in [5.74, 6) is -0.118. The molecule has 3 nitrogen and oxygen atoms in total. The van der Waals surface area contributed by atoms with Crippen LogP contribution in [-0.2, 0) is 17.8 Å². The maximum atomic E-state index is 12.5. The Kier molecular flexibility index (Phi) is 5.00. The highest BCUT2D eigenvalue weighted by Gasteiger charge is 2.09. The Balaban J connectivity index is 2.00. The molecule has 1 amide bonds. The molecule has 0 unspecified atom stereocenters. The van der Waals surface area contributed by atoms with Gasteiger partial charge in [-0.1, -0.05) is 47.2 Å². The third-order valence-corrected chi connectivity index (χ3v) is 5.25. The number of hydrogen-bond acceptors (Lipinski definition) is 2. The number of aromatic nitrogens is 1. The van der Waals surface area contributed by atoms with E-state index in [9.17, 15) is 4.79 Å². The highest BCUT2D eigenvalue weighted by atomic mass is 32.1. The minimum atomic E-state index is -0.118. The smallest absolute Gasteiger partial charge is 0.252 e. The quantitative estimate of drug-likeness (QED) is 0.639. The van der Waals surface area contributed by atoms with Crippen molar-refractivity contribution in [3.8, 4) is 0 Å². The van der Waals surface area contributed by atoms with Gasteiger partial charge in [-0.05, 0) is 49.6 Å². The van der Waals surface area contributed by atoms with Crippen LogP contribution in [-0.4, -0.2) is 10.5 Å². The number of carbonyl (C=O) groups is 1. The zero-order chi connectivity index (χ0) is 18.0. The van der Waals surface area contributed by atoms with Crippen LogP contribution < -0.4 is 4.80 Å². The first-order valence-corrected chi connectivity index (χ1v) is 9.14. The molecule has 1 aromatic heterocycles.